The van der Waals surface area contributed by atoms with Crippen LogP contribution in [0, 0.1) is 13.8 Å². The zero-order valence-corrected chi connectivity index (χ0v) is 11.3. The zero-order chi connectivity index (χ0) is 13.4. The van der Waals surface area contributed by atoms with E-state index in [1.807, 2.05) is 13.0 Å². The van der Waals surface area contributed by atoms with E-state index in [1.165, 1.54) is 5.69 Å². The molecular formula is C14H17N3O2. The molecular weight excluding hydrogens is 242 g/mol. The minimum Gasteiger partial charge on any atom is -0.348 e. The number of Topliss-reactive ketones (excluding diaryl/α,β-unsaturated/α-hetero) is 1. The fraction of sp³-hybridized carbons (Fsp3) is 0.500. The number of ketones is 1. The lowest BCUT2D eigenvalue weighted by atomic mass is 9.96. The van der Waals surface area contributed by atoms with Gasteiger partial charge >= 0.3 is 0 Å². The molecule has 5 nitrogen and oxygen atoms in total. The van der Waals surface area contributed by atoms with Crippen LogP contribution in [-0.2, 0) is 19.4 Å². The molecule has 0 atom stereocenters. The molecule has 0 saturated heterocycles. The van der Waals surface area contributed by atoms with Crippen molar-refractivity contribution in [3.8, 4) is 0 Å². The summed E-state index contributed by atoms with van der Waals surface area (Å²) in [6.07, 6.45) is 3.35. The highest BCUT2D eigenvalue weighted by molar-refractivity contribution is 5.98. The minimum atomic E-state index is 0.276. The molecule has 1 aliphatic rings. The average molecular weight is 259 g/mol. The summed E-state index contributed by atoms with van der Waals surface area (Å²) in [6.45, 7) is 4.64. The quantitative estimate of drug-likeness (QED) is 0.848. The number of carbonyl (C=O) groups is 1. The van der Waals surface area contributed by atoms with Crippen LogP contribution in [0.5, 0.6) is 0 Å². The number of aromatic nitrogens is 3. The highest BCUT2D eigenvalue weighted by atomic mass is 16.5. The maximum atomic E-state index is 11.9. The summed E-state index contributed by atoms with van der Waals surface area (Å²) in [4.78, 5) is 16.1. The van der Waals surface area contributed by atoms with E-state index in [1.54, 1.807) is 6.92 Å². The van der Waals surface area contributed by atoms with E-state index in [9.17, 15) is 4.79 Å². The molecule has 2 aromatic rings. The van der Waals surface area contributed by atoms with E-state index in [-0.39, 0.29) is 5.78 Å². The van der Waals surface area contributed by atoms with Gasteiger partial charge in [0, 0.05) is 43.3 Å². The molecule has 0 N–H and O–H groups in total. The van der Waals surface area contributed by atoms with Gasteiger partial charge in [0.25, 0.3) is 0 Å². The third-order valence-corrected chi connectivity index (χ3v) is 3.66. The summed E-state index contributed by atoms with van der Waals surface area (Å²) in [5.41, 5.74) is 3.22. The van der Waals surface area contributed by atoms with Crippen LogP contribution < -0.4 is 0 Å². The van der Waals surface area contributed by atoms with Gasteiger partial charge in [-0.15, -0.1) is 0 Å². The first kappa shape index (κ1) is 12.1. The van der Waals surface area contributed by atoms with Crippen molar-refractivity contribution >= 4 is 5.78 Å². The van der Waals surface area contributed by atoms with Gasteiger partial charge in [-0.2, -0.15) is 4.98 Å². The highest BCUT2D eigenvalue weighted by Crippen LogP contribution is 2.25. The average Bonchev–Trinajstić information content (AvgIpc) is 2.92. The van der Waals surface area contributed by atoms with Crippen molar-refractivity contribution in [3.63, 3.8) is 0 Å². The first-order valence-electron chi connectivity index (χ1n) is 6.66. The van der Waals surface area contributed by atoms with Crippen LogP contribution in [0.25, 0.3) is 0 Å². The van der Waals surface area contributed by atoms with Gasteiger partial charge in [0.05, 0.1) is 0 Å². The van der Waals surface area contributed by atoms with Crippen LogP contribution in [0.4, 0.5) is 0 Å². The van der Waals surface area contributed by atoms with Gasteiger partial charge < -0.3 is 9.09 Å². The summed E-state index contributed by atoms with van der Waals surface area (Å²) in [6, 6.07) is 2.01. The Morgan fingerprint density at radius 3 is 2.95 bits per heavy atom. The highest BCUT2D eigenvalue weighted by Gasteiger charge is 2.22. The molecule has 0 aromatic carbocycles. The number of aryl methyl sites for hydroxylation is 3. The van der Waals surface area contributed by atoms with Crippen LogP contribution in [0.3, 0.4) is 0 Å². The molecule has 1 aliphatic carbocycles. The predicted molar refractivity (Wildman–Crippen MR) is 69.2 cm³/mol. The molecule has 0 fully saturated rings. The van der Waals surface area contributed by atoms with Gasteiger partial charge in [0.1, 0.15) is 0 Å². The standard InChI is InChI=1S/C14H17N3O2/c1-9-8-11-12(4-3-5-13(11)18)17(9)7-6-14-15-10(2)19-16-14/h8H,3-7H2,1-2H3. The molecule has 5 heteroatoms. The lowest BCUT2D eigenvalue weighted by Crippen LogP contribution is -2.14. The maximum absolute atomic E-state index is 11.9. The smallest absolute Gasteiger partial charge is 0.223 e. The second kappa shape index (κ2) is 4.64. The normalized spacial score (nSPS) is 14.7. The fourth-order valence-corrected chi connectivity index (χ4v) is 2.76. The molecule has 0 radical (unpaired) electrons. The maximum Gasteiger partial charge on any atom is 0.223 e. The molecule has 0 unspecified atom stereocenters. The second-order valence-corrected chi connectivity index (χ2v) is 5.05. The van der Waals surface area contributed by atoms with Gasteiger partial charge in [-0.1, -0.05) is 5.16 Å². The minimum absolute atomic E-state index is 0.276. The number of fused-ring (bicyclic) bond motifs is 1. The van der Waals surface area contributed by atoms with Crippen LogP contribution in [0.15, 0.2) is 10.6 Å². The Kier molecular flexibility index (Phi) is 2.97. The molecule has 0 spiro atoms. The first-order chi connectivity index (χ1) is 9.15. The summed E-state index contributed by atoms with van der Waals surface area (Å²) >= 11 is 0. The molecule has 0 saturated carbocycles. The summed E-state index contributed by atoms with van der Waals surface area (Å²) in [7, 11) is 0. The largest absolute Gasteiger partial charge is 0.348 e. The third kappa shape index (κ3) is 2.20. The van der Waals surface area contributed by atoms with E-state index in [0.29, 0.717) is 12.3 Å². The summed E-state index contributed by atoms with van der Waals surface area (Å²) < 4.78 is 7.19. The number of hydrogen-bond donors (Lipinski definition) is 0. The van der Waals surface area contributed by atoms with Gasteiger partial charge in [-0.05, 0) is 25.8 Å². The van der Waals surface area contributed by atoms with Crippen molar-refractivity contribution in [2.24, 2.45) is 0 Å². The Morgan fingerprint density at radius 2 is 2.21 bits per heavy atom. The molecule has 0 amide bonds. The van der Waals surface area contributed by atoms with Crippen LogP contribution in [-0.4, -0.2) is 20.5 Å². The van der Waals surface area contributed by atoms with E-state index in [4.69, 9.17) is 4.52 Å². The van der Waals surface area contributed by atoms with Gasteiger partial charge in [0.2, 0.25) is 5.89 Å². The summed E-state index contributed by atoms with van der Waals surface area (Å²) in [5, 5.41) is 3.91. The Morgan fingerprint density at radius 1 is 1.37 bits per heavy atom. The van der Waals surface area contributed by atoms with Crippen LogP contribution in [0.1, 0.15) is 46.3 Å². The number of nitrogens with zero attached hydrogens (tertiary/aromatic N) is 3. The van der Waals surface area contributed by atoms with Crippen LogP contribution in [0.2, 0.25) is 0 Å². The fourth-order valence-electron chi connectivity index (χ4n) is 2.76. The Bertz CT molecular complexity index is 625. The molecule has 0 bridgehead atoms. The first-order valence-corrected chi connectivity index (χ1v) is 6.66. The van der Waals surface area contributed by atoms with E-state index in [2.05, 4.69) is 14.7 Å². The Balaban J connectivity index is 1.83. The monoisotopic (exact) mass is 259 g/mol. The molecule has 100 valence electrons. The van der Waals surface area contributed by atoms with Crippen molar-refractivity contribution in [1.29, 1.82) is 0 Å². The SMILES string of the molecule is Cc1nc(CCn2c(C)cc3c2CCCC3=O)no1. The zero-order valence-electron chi connectivity index (χ0n) is 11.3. The van der Waals surface area contributed by atoms with Crippen molar-refractivity contribution in [2.75, 3.05) is 0 Å². The lowest BCUT2D eigenvalue weighted by molar-refractivity contribution is 0.0971. The second-order valence-electron chi connectivity index (χ2n) is 5.05. The predicted octanol–water partition coefficient (Wildman–Crippen LogP) is 2.25. The van der Waals surface area contributed by atoms with Gasteiger partial charge in [0.15, 0.2) is 11.6 Å². The number of carbonyl (C=O) groups excluding carboxylic acids is 1. The molecule has 0 aliphatic heterocycles. The Labute approximate surface area is 111 Å². The Hall–Kier alpha value is -1.91. The number of hydrogen-bond acceptors (Lipinski definition) is 4. The third-order valence-electron chi connectivity index (χ3n) is 3.66. The topological polar surface area (TPSA) is 60.9 Å². The molecule has 2 aromatic heterocycles. The lowest BCUT2D eigenvalue weighted by Gasteiger charge is -2.15. The molecule has 3 rings (SSSR count). The summed E-state index contributed by atoms with van der Waals surface area (Å²) in [5.74, 6) is 1.59. The van der Waals surface area contributed by atoms with Crippen LogP contribution >= 0.6 is 0 Å². The molecule has 19 heavy (non-hydrogen) atoms. The van der Waals surface area contributed by atoms with Gasteiger partial charge in [-0.3, -0.25) is 4.79 Å². The number of rotatable bonds is 3. The van der Waals surface area contributed by atoms with E-state index in [0.717, 1.165) is 42.9 Å². The van der Waals surface area contributed by atoms with Crippen molar-refractivity contribution in [3.05, 3.63) is 34.7 Å². The van der Waals surface area contributed by atoms with Gasteiger partial charge in [-0.25, -0.2) is 0 Å². The van der Waals surface area contributed by atoms with Crippen molar-refractivity contribution in [2.45, 2.75) is 46.1 Å². The van der Waals surface area contributed by atoms with E-state index < -0.39 is 0 Å². The van der Waals surface area contributed by atoms with Crippen molar-refractivity contribution in [1.82, 2.24) is 14.7 Å². The molecule has 2 heterocycles. The van der Waals surface area contributed by atoms with Crippen molar-refractivity contribution < 1.29 is 9.32 Å². The van der Waals surface area contributed by atoms with E-state index >= 15 is 0 Å².